The van der Waals surface area contributed by atoms with Gasteiger partial charge < -0.3 is 14.6 Å². The lowest BCUT2D eigenvalue weighted by atomic mass is 10.1. The van der Waals surface area contributed by atoms with Crippen LogP contribution in [0, 0.1) is 10.1 Å². The minimum absolute atomic E-state index is 0.0543. The number of phenols is 1. The van der Waals surface area contributed by atoms with Crippen LogP contribution in [0.5, 0.6) is 17.2 Å². The van der Waals surface area contributed by atoms with Crippen LogP contribution in [0.2, 0.25) is 0 Å². The first-order valence-corrected chi connectivity index (χ1v) is 8.82. The first kappa shape index (κ1) is 21.3. The standard InChI is InChI=1S/C20H17N3O8/c1-30-13-5-3-11(4-6-13)10-22-19(26)14(18(25)21-20(22)27)7-12-8-15(23(28)29)17(24)16(9-12)31-2/h3-9,24H,10H2,1-2H3,(H,21,25,27)/b14-7+. The number of nitrogens with zero attached hydrogens (tertiary/aromatic N) is 2. The molecule has 160 valence electrons. The quantitative estimate of drug-likeness (QED) is 0.308. The van der Waals surface area contributed by atoms with Gasteiger partial charge in [0.05, 0.1) is 25.7 Å². The Morgan fingerprint density at radius 3 is 2.39 bits per heavy atom. The Morgan fingerprint density at radius 2 is 1.81 bits per heavy atom. The largest absolute Gasteiger partial charge is 0.500 e. The number of urea groups is 1. The number of nitro benzene ring substituents is 1. The SMILES string of the molecule is COc1ccc(CN2C(=O)NC(=O)/C(=C\c3cc(OC)c(O)c([N+](=O)[O-])c3)C2=O)cc1. The van der Waals surface area contributed by atoms with Gasteiger partial charge in [-0.2, -0.15) is 0 Å². The van der Waals surface area contributed by atoms with Crippen LogP contribution in [0.4, 0.5) is 10.5 Å². The van der Waals surface area contributed by atoms with E-state index in [1.54, 1.807) is 24.3 Å². The van der Waals surface area contributed by atoms with Crippen LogP contribution in [-0.2, 0) is 16.1 Å². The Kier molecular flexibility index (Phi) is 5.86. The normalized spacial score (nSPS) is 15.1. The molecule has 11 nitrogen and oxygen atoms in total. The Bertz CT molecular complexity index is 1110. The van der Waals surface area contributed by atoms with E-state index >= 15 is 0 Å². The van der Waals surface area contributed by atoms with Crippen molar-refractivity contribution in [1.82, 2.24) is 10.2 Å². The molecule has 0 aromatic heterocycles. The number of methoxy groups -OCH3 is 2. The summed E-state index contributed by atoms with van der Waals surface area (Å²) in [5.74, 6) is -2.13. The number of amides is 4. The summed E-state index contributed by atoms with van der Waals surface area (Å²) < 4.78 is 9.97. The molecular formula is C20H17N3O8. The maximum Gasteiger partial charge on any atom is 0.331 e. The molecule has 0 radical (unpaired) electrons. The Labute approximate surface area is 175 Å². The van der Waals surface area contributed by atoms with Crippen molar-refractivity contribution in [3.05, 3.63) is 63.2 Å². The van der Waals surface area contributed by atoms with Crippen molar-refractivity contribution in [3.8, 4) is 17.2 Å². The van der Waals surface area contributed by atoms with Gasteiger partial charge in [0.25, 0.3) is 11.8 Å². The number of hydrogen-bond donors (Lipinski definition) is 2. The van der Waals surface area contributed by atoms with Crippen LogP contribution in [0.25, 0.3) is 6.08 Å². The van der Waals surface area contributed by atoms with Gasteiger partial charge in [-0.3, -0.25) is 29.9 Å². The maximum atomic E-state index is 12.9. The third kappa shape index (κ3) is 4.29. The van der Waals surface area contributed by atoms with E-state index in [0.29, 0.717) is 11.3 Å². The molecule has 0 bridgehead atoms. The number of benzene rings is 2. The highest BCUT2D eigenvalue weighted by molar-refractivity contribution is 6.31. The van der Waals surface area contributed by atoms with Gasteiger partial charge in [0.1, 0.15) is 11.3 Å². The monoisotopic (exact) mass is 427 g/mol. The van der Waals surface area contributed by atoms with Gasteiger partial charge in [-0.05, 0) is 35.4 Å². The zero-order valence-electron chi connectivity index (χ0n) is 16.4. The van der Waals surface area contributed by atoms with E-state index in [1.807, 2.05) is 0 Å². The molecule has 1 saturated heterocycles. The molecule has 1 aliphatic rings. The van der Waals surface area contributed by atoms with Crippen LogP contribution in [0.1, 0.15) is 11.1 Å². The van der Waals surface area contributed by atoms with E-state index in [1.165, 1.54) is 20.3 Å². The fraction of sp³-hybridized carbons (Fsp3) is 0.150. The van der Waals surface area contributed by atoms with Crippen LogP contribution in [0.3, 0.4) is 0 Å². The number of nitrogens with one attached hydrogen (secondary N) is 1. The van der Waals surface area contributed by atoms with Crippen LogP contribution >= 0.6 is 0 Å². The molecule has 2 aromatic rings. The number of barbiturate groups is 1. The van der Waals surface area contributed by atoms with Gasteiger partial charge in [0.15, 0.2) is 5.75 Å². The summed E-state index contributed by atoms with van der Waals surface area (Å²) in [7, 11) is 2.70. The first-order valence-electron chi connectivity index (χ1n) is 8.82. The molecule has 11 heteroatoms. The van der Waals surface area contributed by atoms with Gasteiger partial charge in [0.2, 0.25) is 5.75 Å². The lowest BCUT2D eigenvalue weighted by molar-refractivity contribution is -0.386. The molecule has 0 unspecified atom stereocenters. The van der Waals surface area contributed by atoms with E-state index in [9.17, 15) is 29.6 Å². The van der Waals surface area contributed by atoms with Gasteiger partial charge >= 0.3 is 11.7 Å². The molecule has 1 fully saturated rings. The molecule has 1 aliphatic heterocycles. The van der Waals surface area contributed by atoms with E-state index in [0.717, 1.165) is 17.0 Å². The predicted molar refractivity (Wildman–Crippen MR) is 106 cm³/mol. The van der Waals surface area contributed by atoms with Crippen LogP contribution in [-0.4, -0.2) is 47.0 Å². The molecular weight excluding hydrogens is 410 g/mol. The lowest BCUT2D eigenvalue weighted by Crippen LogP contribution is -2.53. The number of ether oxygens (including phenoxy) is 2. The molecule has 0 saturated carbocycles. The van der Waals surface area contributed by atoms with E-state index < -0.39 is 39.8 Å². The second-order valence-corrected chi connectivity index (χ2v) is 6.40. The average molecular weight is 427 g/mol. The van der Waals surface area contributed by atoms with Crippen molar-refractivity contribution in [1.29, 1.82) is 0 Å². The first-order chi connectivity index (χ1) is 14.7. The summed E-state index contributed by atoms with van der Waals surface area (Å²) in [4.78, 5) is 48.5. The second-order valence-electron chi connectivity index (χ2n) is 6.40. The smallest absolute Gasteiger partial charge is 0.331 e. The van der Waals surface area contributed by atoms with Gasteiger partial charge in [-0.15, -0.1) is 0 Å². The predicted octanol–water partition coefficient (Wildman–Crippen LogP) is 1.98. The van der Waals surface area contributed by atoms with Crippen LogP contribution < -0.4 is 14.8 Å². The highest BCUT2D eigenvalue weighted by atomic mass is 16.6. The number of hydrogen-bond acceptors (Lipinski definition) is 8. The number of imide groups is 2. The summed E-state index contributed by atoms with van der Waals surface area (Å²) in [6, 6.07) is 7.95. The molecule has 0 atom stereocenters. The van der Waals surface area contributed by atoms with E-state index in [2.05, 4.69) is 5.32 Å². The van der Waals surface area contributed by atoms with Crippen molar-refractivity contribution < 1.29 is 33.9 Å². The van der Waals surface area contributed by atoms with Crippen molar-refractivity contribution in [3.63, 3.8) is 0 Å². The zero-order valence-corrected chi connectivity index (χ0v) is 16.4. The van der Waals surface area contributed by atoms with Crippen molar-refractivity contribution in [2.75, 3.05) is 14.2 Å². The Balaban J connectivity index is 1.96. The summed E-state index contributed by atoms with van der Waals surface area (Å²) in [6.07, 6.45) is 1.08. The van der Waals surface area contributed by atoms with Crippen molar-refractivity contribution in [2.45, 2.75) is 6.54 Å². The van der Waals surface area contributed by atoms with Gasteiger partial charge in [-0.25, -0.2) is 4.79 Å². The molecule has 0 aliphatic carbocycles. The molecule has 3 rings (SSSR count). The summed E-state index contributed by atoms with van der Waals surface area (Å²) in [6.45, 7) is -0.113. The fourth-order valence-electron chi connectivity index (χ4n) is 2.91. The number of phenolic OH excluding ortho intramolecular Hbond substituents is 1. The Morgan fingerprint density at radius 1 is 1.13 bits per heavy atom. The lowest BCUT2D eigenvalue weighted by Gasteiger charge is -2.26. The topological polar surface area (TPSA) is 148 Å². The van der Waals surface area contributed by atoms with E-state index in [4.69, 9.17) is 9.47 Å². The van der Waals surface area contributed by atoms with E-state index in [-0.39, 0.29) is 17.9 Å². The summed E-state index contributed by atoms with van der Waals surface area (Å²) in [5.41, 5.74) is -0.408. The molecule has 0 spiro atoms. The number of rotatable bonds is 6. The van der Waals surface area contributed by atoms with Gasteiger partial charge in [-0.1, -0.05) is 12.1 Å². The van der Waals surface area contributed by atoms with Crippen LogP contribution in [0.15, 0.2) is 42.0 Å². The third-order valence-corrected chi connectivity index (χ3v) is 4.49. The zero-order chi connectivity index (χ0) is 22.7. The molecule has 4 amide bonds. The average Bonchev–Trinajstić information content (AvgIpc) is 2.75. The Hall–Kier alpha value is -4.41. The highest BCUT2D eigenvalue weighted by Crippen LogP contribution is 2.37. The maximum absolute atomic E-state index is 12.9. The summed E-state index contributed by atoms with van der Waals surface area (Å²) >= 11 is 0. The van der Waals surface area contributed by atoms with Crippen molar-refractivity contribution in [2.24, 2.45) is 0 Å². The fourth-order valence-corrected chi connectivity index (χ4v) is 2.91. The molecule has 2 N–H and O–H groups in total. The number of carbonyl (C=O) groups is 3. The minimum Gasteiger partial charge on any atom is -0.500 e. The highest BCUT2D eigenvalue weighted by Gasteiger charge is 2.36. The molecule has 2 aromatic carbocycles. The number of aromatic hydroxyl groups is 1. The van der Waals surface area contributed by atoms with Gasteiger partial charge in [0, 0.05) is 6.07 Å². The number of carbonyl (C=O) groups excluding carboxylic acids is 3. The molecule has 31 heavy (non-hydrogen) atoms. The minimum atomic E-state index is -0.948. The molecule has 1 heterocycles. The third-order valence-electron chi connectivity index (χ3n) is 4.49. The van der Waals surface area contributed by atoms with Crippen molar-refractivity contribution >= 4 is 29.6 Å². The summed E-state index contributed by atoms with van der Waals surface area (Å²) in [5, 5.41) is 23.1. The second kappa shape index (κ2) is 8.53. The number of nitro groups is 1.